The molecule has 0 saturated carbocycles. The molecule has 0 aliphatic carbocycles. The van der Waals surface area contributed by atoms with Crippen LogP contribution in [0.15, 0.2) is 24.3 Å². The number of aliphatic hydroxyl groups is 2. The van der Waals surface area contributed by atoms with Crippen molar-refractivity contribution in [2.24, 2.45) is 0 Å². The van der Waals surface area contributed by atoms with Gasteiger partial charge < -0.3 is 14.9 Å². The van der Waals surface area contributed by atoms with Gasteiger partial charge in [-0.1, -0.05) is 19.1 Å². The minimum atomic E-state index is -0.832. The summed E-state index contributed by atoms with van der Waals surface area (Å²) in [6.45, 7) is 5.58. The molecule has 0 aliphatic rings. The van der Waals surface area contributed by atoms with Gasteiger partial charge in [-0.15, -0.1) is 0 Å². The fourth-order valence-corrected chi connectivity index (χ4v) is 1.28. The molecule has 1 unspecified atom stereocenters. The van der Waals surface area contributed by atoms with Crippen LogP contribution in [0, 0.1) is 0 Å². The lowest BCUT2D eigenvalue weighted by Gasteiger charge is -2.18. The Labute approximate surface area is 96.7 Å². The zero-order chi connectivity index (χ0) is 12.2. The molecule has 0 heterocycles. The number of hydrogen-bond acceptors (Lipinski definition) is 3. The fourth-order valence-electron chi connectivity index (χ4n) is 1.28. The first kappa shape index (κ1) is 13.0. The predicted octanol–water partition coefficient (Wildman–Crippen LogP) is 2.28. The van der Waals surface area contributed by atoms with Gasteiger partial charge in [-0.05, 0) is 38.0 Å². The number of aliphatic hydroxyl groups excluding tert-OH is 1. The summed E-state index contributed by atoms with van der Waals surface area (Å²) in [5.74, 6) is 0.703. The van der Waals surface area contributed by atoms with E-state index in [4.69, 9.17) is 4.74 Å². The molecular formula is C13H20O3. The molecule has 1 atom stereocenters. The third-order valence-electron chi connectivity index (χ3n) is 2.24. The van der Waals surface area contributed by atoms with E-state index in [1.54, 1.807) is 26.0 Å². The van der Waals surface area contributed by atoms with E-state index >= 15 is 0 Å². The minimum Gasteiger partial charge on any atom is -0.491 e. The van der Waals surface area contributed by atoms with Crippen LogP contribution in [0.5, 0.6) is 5.75 Å². The van der Waals surface area contributed by atoms with Crippen LogP contribution in [0.2, 0.25) is 0 Å². The van der Waals surface area contributed by atoms with Gasteiger partial charge in [0.25, 0.3) is 0 Å². The molecule has 0 aliphatic heterocycles. The van der Waals surface area contributed by atoms with Crippen LogP contribution in [-0.4, -0.2) is 22.4 Å². The first-order valence-electron chi connectivity index (χ1n) is 5.55. The Morgan fingerprint density at radius 3 is 2.25 bits per heavy atom. The molecule has 0 aromatic heterocycles. The molecule has 0 saturated heterocycles. The fraction of sp³-hybridized carbons (Fsp3) is 0.538. The Morgan fingerprint density at radius 2 is 1.81 bits per heavy atom. The SMILES string of the molecule is CCC(O)c1ccc(OCC(C)(C)O)cc1. The van der Waals surface area contributed by atoms with Gasteiger partial charge in [-0.2, -0.15) is 0 Å². The van der Waals surface area contributed by atoms with E-state index in [9.17, 15) is 10.2 Å². The first-order valence-corrected chi connectivity index (χ1v) is 5.55. The molecule has 0 radical (unpaired) electrons. The second-order valence-electron chi connectivity index (χ2n) is 4.59. The number of ether oxygens (including phenoxy) is 1. The Morgan fingerprint density at radius 1 is 1.25 bits per heavy atom. The van der Waals surface area contributed by atoms with Crippen molar-refractivity contribution in [3.8, 4) is 5.75 Å². The van der Waals surface area contributed by atoms with Crippen LogP contribution in [0.25, 0.3) is 0 Å². The zero-order valence-electron chi connectivity index (χ0n) is 10.1. The van der Waals surface area contributed by atoms with E-state index in [0.29, 0.717) is 12.2 Å². The lowest BCUT2D eigenvalue weighted by molar-refractivity contribution is 0.0284. The molecule has 0 bridgehead atoms. The molecule has 1 rings (SSSR count). The van der Waals surface area contributed by atoms with Gasteiger partial charge in [-0.25, -0.2) is 0 Å². The van der Waals surface area contributed by atoms with Crippen molar-refractivity contribution < 1.29 is 14.9 Å². The summed E-state index contributed by atoms with van der Waals surface area (Å²) in [6.07, 6.45) is 0.285. The van der Waals surface area contributed by atoms with E-state index in [1.807, 2.05) is 19.1 Å². The lowest BCUT2D eigenvalue weighted by Crippen LogP contribution is -2.27. The maximum atomic E-state index is 9.60. The second kappa shape index (κ2) is 5.32. The summed E-state index contributed by atoms with van der Waals surface area (Å²) < 4.78 is 5.41. The number of benzene rings is 1. The maximum Gasteiger partial charge on any atom is 0.119 e. The van der Waals surface area contributed by atoms with E-state index in [2.05, 4.69) is 0 Å². The van der Waals surface area contributed by atoms with Crippen LogP contribution in [0.3, 0.4) is 0 Å². The van der Waals surface area contributed by atoms with Gasteiger partial charge in [0.2, 0.25) is 0 Å². The third-order valence-corrected chi connectivity index (χ3v) is 2.24. The van der Waals surface area contributed by atoms with Gasteiger partial charge in [-0.3, -0.25) is 0 Å². The van der Waals surface area contributed by atoms with Crippen LogP contribution >= 0.6 is 0 Å². The van der Waals surface area contributed by atoms with Gasteiger partial charge >= 0.3 is 0 Å². The highest BCUT2D eigenvalue weighted by molar-refractivity contribution is 5.28. The van der Waals surface area contributed by atoms with Gasteiger partial charge in [0, 0.05) is 0 Å². The van der Waals surface area contributed by atoms with Crippen molar-refractivity contribution >= 4 is 0 Å². The highest BCUT2D eigenvalue weighted by atomic mass is 16.5. The summed E-state index contributed by atoms with van der Waals surface area (Å²) in [4.78, 5) is 0. The number of hydrogen-bond donors (Lipinski definition) is 2. The molecule has 90 valence electrons. The quantitative estimate of drug-likeness (QED) is 0.806. The molecule has 0 spiro atoms. The van der Waals surface area contributed by atoms with Crippen molar-refractivity contribution in [2.75, 3.05) is 6.61 Å². The van der Waals surface area contributed by atoms with Crippen LogP contribution in [0.4, 0.5) is 0 Å². The predicted molar refractivity (Wildman–Crippen MR) is 63.5 cm³/mol. The van der Waals surface area contributed by atoms with Crippen molar-refractivity contribution in [2.45, 2.75) is 38.9 Å². The molecule has 3 nitrogen and oxygen atoms in total. The standard InChI is InChI=1S/C13H20O3/c1-4-12(14)10-5-7-11(8-6-10)16-9-13(2,3)15/h5-8,12,14-15H,4,9H2,1-3H3. The Bertz CT molecular complexity index is 311. The molecule has 16 heavy (non-hydrogen) atoms. The molecule has 1 aromatic carbocycles. The summed E-state index contributed by atoms with van der Waals surface area (Å²) in [6, 6.07) is 7.29. The lowest BCUT2D eigenvalue weighted by atomic mass is 10.1. The highest BCUT2D eigenvalue weighted by Crippen LogP contribution is 2.20. The Hall–Kier alpha value is -1.06. The zero-order valence-corrected chi connectivity index (χ0v) is 10.1. The van der Waals surface area contributed by atoms with E-state index in [-0.39, 0.29) is 6.61 Å². The molecular weight excluding hydrogens is 204 g/mol. The van der Waals surface area contributed by atoms with Crippen LogP contribution in [-0.2, 0) is 0 Å². The average Bonchev–Trinajstić information content (AvgIpc) is 2.25. The third kappa shape index (κ3) is 4.21. The van der Waals surface area contributed by atoms with Crippen molar-refractivity contribution in [1.29, 1.82) is 0 Å². The molecule has 3 heteroatoms. The van der Waals surface area contributed by atoms with Gasteiger partial charge in [0.1, 0.15) is 12.4 Å². The van der Waals surface area contributed by atoms with Crippen molar-refractivity contribution in [1.82, 2.24) is 0 Å². The summed E-state index contributed by atoms with van der Waals surface area (Å²) >= 11 is 0. The molecule has 1 aromatic rings. The summed E-state index contributed by atoms with van der Waals surface area (Å²) in [7, 11) is 0. The summed E-state index contributed by atoms with van der Waals surface area (Å²) in [5.41, 5.74) is 0.0554. The van der Waals surface area contributed by atoms with E-state index in [0.717, 1.165) is 5.56 Å². The Balaban J connectivity index is 2.58. The van der Waals surface area contributed by atoms with Gasteiger partial charge in [0.05, 0.1) is 11.7 Å². The summed E-state index contributed by atoms with van der Waals surface area (Å²) in [5, 5.41) is 19.1. The largest absolute Gasteiger partial charge is 0.491 e. The van der Waals surface area contributed by atoms with E-state index < -0.39 is 11.7 Å². The molecule has 0 amide bonds. The second-order valence-corrected chi connectivity index (χ2v) is 4.59. The van der Waals surface area contributed by atoms with Crippen molar-refractivity contribution in [3.63, 3.8) is 0 Å². The normalized spacial score (nSPS) is 13.6. The van der Waals surface area contributed by atoms with Gasteiger partial charge in [0.15, 0.2) is 0 Å². The Kier molecular flexibility index (Phi) is 4.33. The topological polar surface area (TPSA) is 49.7 Å². The minimum absolute atomic E-state index is 0.253. The highest BCUT2D eigenvalue weighted by Gasteiger charge is 2.13. The van der Waals surface area contributed by atoms with Crippen LogP contribution in [0.1, 0.15) is 38.9 Å². The monoisotopic (exact) mass is 224 g/mol. The van der Waals surface area contributed by atoms with E-state index in [1.165, 1.54) is 0 Å². The average molecular weight is 224 g/mol. The van der Waals surface area contributed by atoms with Crippen LogP contribution < -0.4 is 4.74 Å². The van der Waals surface area contributed by atoms with Crippen molar-refractivity contribution in [3.05, 3.63) is 29.8 Å². The first-order chi connectivity index (χ1) is 7.42. The molecule has 0 fully saturated rings. The smallest absolute Gasteiger partial charge is 0.119 e. The molecule has 2 N–H and O–H groups in total. The number of rotatable bonds is 5. The maximum absolute atomic E-state index is 9.60.